The summed E-state index contributed by atoms with van der Waals surface area (Å²) in [7, 11) is 0. The van der Waals surface area contributed by atoms with Crippen LogP contribution in [0, 0.1) is 17.8 Å². The number of hydrogen-bond donors (Lipinski definition) is 3. The lowest BCUT2D eigenvalue weighted by atomic mass is 9.48. The van der Waals surface area contributed by atoms with Crippen molar-refractivity contribution >= 4 is 40.6 Å². The standard InChI is InChI=1S/C30H40N4O4S/c1-29(2,3)38-28(37)32-24(9-10-39-4)26(35)33-34-27(36)25-14-22(21-7-5-6-8-23(21)31-25)30-15-18-11-19(16-30)13-20(12-18)17-30/h5-8,14,18-20,24H,9-13,15-17H2,1-4H3,(H,32,37)(H,33,35)(H,34,36)/t18?,19?,20?,24-,30?/m0/s1. The van der Waals surface area contributed by atoms with Gasteiger partial charge in [-0.1, -0.05) is 18.2 Å². The van der Waals surface area contributed by atoms with Gasteiger partial charge in [-0.05, 0) is 119 Å². The summed E-state index contributed by atoms with van der Waals surface area (Å²) in [5, 5.41) is 3.75. The Bertz CT molecular complexity index is 1220. The van der Waals surface area contributed by atoms with E-state index in [0.29, 0.717) is 17.9 Å². The van der Waals surface area contributed by atoms with Crippen LogP contribution in [0.5, 0.6) is 0 Å². The third kappa shape index (κ3) is 6.18. The summed E-state index contributed by atoms with van der Waals surface area (Å²) in [6, 6.07) is 9.18. The number of carbonyl (C=O) groups is 3. The lowest BCUT2D eigenvalue weighted by Crippen LogP contribution is -2.53. The number of nitrogens with one attached hydrogen (secondary N) is 3. The van der Waals surface area contributed by atoms with Crippen molar-refractivity contribution in [1.29, 1.82) is 0 Å². The first-order chi connectivity index (χ1) is 18.5. The van der Waals surface area contributed by atoms with Crippen molar-refractivity contribution in [3.8, 4) is 0 Å². The number of ether oxygens (including phenoxy) is 1. The third-order valence-electron chi connectivity index (χ3n) is 8.48. The average molecular weight is 553 g/mol. The quantitative estimate of drug-likeness (QED) is 0.412. The van der Waals surface area contributed by atoms with Crippen molar-refractivity contribution in [3.63, 3.8) is 0 Å². The number of amides is 3. The highest BCUT2D eigenvalue weighted by Crippen LogP contribution is 2.61. The monoisotopic (exact) mass is 552 g/mol. The molecule has 8 nitrogen and oxygen atoms in total. The highest BCUT2D eigenvalue weighted by Gasteiger charge is 2.52. The number of rotatable bonds is 7. The summed E-state index contributed by atoms with van der Waals surface area (Å²) >= 11 is 1.57. The third-order valence-corrected chi connectivity index (χ3v) is 9.12. The van der Waals surface area contributed by atoms with Crippen LogP contribution >= 0.6 is 11.8 Å². The maximum Gasteiger partial charge on any atom is 0.408 e. The molecule has 6 rings (SSSR count). The molecule has 4 fully saturated rings. The van der Waals surface area contributed by atoms with Crippen LogP contribution < -0.4 is 16.2 Å². The zero-order valence-corrected chi connectivity index (χ0v) is 24.2. The molecule has 0 aliphatic heterocycles. The van der Waals surface area contributed by atoms with Gasteiger partial charge in [0.2, 0.25) is 0 Å². The fourth-order valence-corrected chi connectivity index (χ4v) is 7.87. The molecule has 3 N–H and O–H groups in total. The normalized spacial score (nSPS) is 26.2. The molecular formula is C30H40N4O4S. The number of fused-ring (bicyclic) bond motifs is 1. The van der Waals surface area contributed by atoms with E-state index in [2.05, 4.69) is 27.2 Å². The number of alkyl carbamates (subject to hydrolysis) is 1. The maximum absolute atomic E-state index is 13.3. The van der Waals surface area contributed by atoms with E-state index in [1.54, 1.807) is 32.5 Å². The number of aromatic nitrogens is 1. The van der Waals surface area contributed by atoms with Gasteiger partial charge in [-0.2, -0.15) is 11.8 Å². The largest absolute Gasteiger partial charge is 0.444 e. The maximum atomic E-state index is 13.3. The van der Waals surface area contributed by atoms with E-state index < -0.39 is 29.6 Å². The summed E-state index contributed by atoms with van der Waals surface area (Å²) < 4.78 is 5.31. The molecule has 1 heterocycles. The van der Waals surface area contributed by atoms with Crippen molar-refractivity contribution in [2.75, 3.05) is 12.0 Å². The summed E-state index contributed by atoms with van der Waals surface area (Å²) in [5.41, 5.74) is 6.77. The van der Waals surface area contributed by atoms with Crippen LogP contribution in [0.15, 0.2) is 30.3 Å². The Balaban J connectivity index is 1.33. The van der Waals surface area contributed by atoms with Crippen molar-refractivity contribution < 1.29 is 19.1 Å². The molecule has 2 aromatic rings. The van der Waals surface area contributed by atoms with Crippen LogP contribution in [-0.2, 0) is 14.9 Å². The van der Waals surface area contributed by atoms with Crippen LogP contribution in [0.2, 0.25) is 0 Å². The van der Waals surface area contributed by atoms with Crippen LogP contribution in [0.4, 0.5) is 4.79 Å². The minimum absolute atomic E-state index is 0.0931. The first-order valence-electron chi connectivity index (χ1n) is 14.0. The number of carbonyl (C=O) groups excluding carboxylic acids is 3. The predicted octanol–water partition coefficient (Wildman–Crippen LogP) is 5.11. The van der Waals surface area contributed by atoms with Crippen molar-refractivity contribution in [1.82, 2.24) is 21.2 Å². The Morgan fingerprint density at radius 3 is 2.31 bits per heavy atom. The Morgan fingerprint density at radius 2 is 1.69 bits per heavy atom. The molecule has 0 radical (unpaired) electrons. The van der Waals surface area contributed by atoms with E-state index in [1.807, 2.05) is 30.5 Å². The van der Waals surface area contributed by atoms with Crippen molar-refractivity contribution in [2.24, 2.45) is 17.8 Å². The van der Waals surface area contributed by atoms with Gasteiger partial charge in [0.1, 0.15) is 17.3 Å². The zero-order chi connectivity index (χ0) is 27.8. The molecule has 0 saturated heterocycles. The summed E-state index contributed by atoms with van der Waals surface area (Å²) in [5.74, 6) is 2.00. The molecular weight excluding hydrogens is 512 g/mol. The number of pyridine rings is 1. The van der Waals surface area contributed by atoms with Gasteiger partial charge in [-0.15, -0.1) is 0 Å². The number of para-hydroxylation sites is 1. The molecule has 4 bridgehead atoms. The van der Waals surface area contributed by atoms with Gasteiger partial charge >= 0.3 is 6.09 Å². The molecule has 39 heavy (non-hydrogen) atoms. The van der Waals surface area contributed by atoms with Gasteiger partial charge in [0, 0.05) is 5.39 Å². The Kier molecular flexibility index (Phi) is 7.82. The Hall–Kier alpha value is -2.81. The second kappa shape index (κ2) is 11.0. The smallest absolute Gasteiger partial charge is 0.408 e. The number of benzene rings is 1. The van der Waals surface area contributed by atoms with Gasteiger partial charge in [0.15, 0.2) is 0 Å². The Labute approximate surface area is 234 Å². The number of nitrogens with zero attached hydrogens (tertiary/aromatic N) is 1. The lowest BCUT2D eigenvalue weighted by Gasteiger charge is -2.57. The lowest BCUT2D eigenvalue weighted by molar-refractivity contribution is -0.124. The van der Waals surface area contributed by atoms with E-state index in [4.69, 9.17) is 4.74 Å². The zero-order valence-electron chi connectivity index (χ0n) is 23.3. The van der Waals surface area contributed by atoms with Crippen LogP contribution in [0.3, 0.4) is 0 Å². The van der Waals surface area contributed by atoms with Crippen LogP contribution in [0.1, 0.15) is 81.8 Å². The van der Waals surface area contributed by atoms with E-state index in [0.717, 1.165) is 28.7 Å². The highest BCUT2D eigenvalue weighted by atomic mass is 32.2. The van der Waals surface area contributed by atoms with E-state index in [9.17, 15) is 14.4 Å². The van der Waals surface area contributed by atoms with Gasteiger partial charge in [-0.25, -0.2) is 9.78 Å². The van der Waals surface area contributed by atoms with E-state index in [1.165, 1.54) is 44.1 Å². The second-order valence-electron chi connectivity index (χ2n) is 12.7. The molecule has 210 valence electrons. The number of hydrazine groups is 1. The predicted molar refractivity (Wildman–Crippen MR) is 153 cm³/mol. The fraction of sp³-hybridized carbons (Fsp3) is 0.600. The molecule has 1 aromatic heterocycles. The summed E-state index contributed by atoms with van der Waals surface area (Å²) in [6.45, 7) is 5.29. The molecule has 4 saturated carbocycles. The number of hydrogen-bond acceptors (Lipinski definition) is 6. The van der Waals surface area contributed by atoms with Gasteiger partial charge in [0.25, 0.3) is 11.8 Å². The molecule has 1 aromatic carbocycles. The molecule has 4 aliphatic rings. The molecule has 1 atom stereocenters. The van der Waals surface area contributed by atoms with Crippen molar-refractivity contribution in [3.05, 3.63) is 41.6 Å². The van der Waals surface area contributed by atoms with Gasteiger partial charge in [-0.3, -0.25) is 20.4 Å². The summed E-state index contributed by atoms with van der Waals surface area (Å²) in [4.78, 5) is 43.3. The number of thioether (sulfide) groups is 1. The minimum atomic E-state index is -0.847. The molecule has 3 amide bonds. The molecule has 9 heteroatoms. The molecule has 4 aliphatic carbocycles. The second-order valence-corrected chi connectivity index (χ2v) is 13.7. The van der Waals surface area contributed by atoms with Gasteiger partial charge < -0.3 is 10.1 Å². The van der Waals surface area contributed by atoms with Gasteiger partial charge in [0.05, 0.1) is 5.52 Å². The first-order valence-corrected chi connectivity index (χ1v) is 15.4. The topological polar surface area (TPSA) is 109 Å². The Morgan fingerprint density at radius 1 is 1.05 bits per heavy atom. The fourth-order valence-electron chi connectivity index (χ4n) is 7.39. The van der Waals surface area contributed by atoms with Crippen molar-refractivity contribution in [2.45, 2.75) is 82.8 Å². The SMILES string of the molecule is CSCC[C@H](NC(=O)OC(C)(C)C)C(=O)NNC(=O)c1cc(C23CC4CC(CC(C4)C2)C3)c2ccccc2n1. The minimum Gasteiger partial charge on any atom is -0.444 e. The highest BCUT2D eigenvalue weighted by molar-refractivity contribution is 7.98. The van der Waals surface area contributed by atoms with Crippen LogP contribution in [0.25, 0.3) is 10.9 Å². The molecule has 0 unspecified atom stereocenters. The van der Waals surface area contributed by atoms with E-state index >= 15 is 0 Å². The van der Waals surface area contributed by atoms with E-state index in [-0.39, 0.29) is 5.41 Å². The first kappa shape index (κ1) is 27.7. The van der Waals surface area contributed by atoms with Crippen LogP contribution in [-0.4, -0.2) is 46.5 Å². The molecule has 0 spiro atoms. The summed E-state index contributed by atoms with van der Waals surface area (Å²) in [6.07, 6.45) is 9.22. The average Bonchev–Trinajstić information content (AvgIpc) is 2.87.